The first-order valence-electron chi connectivity index (χ1n) is 11.6. The SMILES string of the molecule is CC(C)CC(NC(=O)C(CC(C)C)NC(=O)OCc1ccccc1)C(=O)CSCc1ccco1. The van der Waals surface area contributed by atoms with Crippen molar-refractivity contribution in [2.24, 2.45) is 11.8 Å². The fraction of sp³-hybridized carbons (Fsp3) is 0.500. The normalized spacial score (nSPS) is 12.9. The zero-order valence-corrected chi connectivity index (χ0v) is 21.2. The number of Topliss-reactive ketones (excluding diaryl/α,β-unsaturated/α-hetero) is 1. The van der Waals surface area contributed by atoms with Crippen LogP contribution in [0.25, 0.3) is 0 Å². The molecule has 0 aliphatic heterocycles. The number of carbonyl (C=O) groups is 3. The molecule has 1 aromatic carbocycles. The molecule has 2 N–H and O–H groups in total. The Hall–Kier alpha value is -2.74. The Labute approximate surface area is 206 Å². The second-order valence-corrected chi connectivity index (χ2v) is 10.1. The zero-order valence-electron chi connectivity index (χ0n) is 20.4. The van der Waals surface area contributed by atoms with E-state index >= 15 is 0 Å². The van der Waals surface area contributed by atoms with Gasteiger partial charge < -0.3 is 19.8 Å². The van der Waals surface area contributed by atoms with Crippen molar-refractivity contribution < 1.29 is 23.5 Å². The lowest BCUT2D eigenvalue weighted by Gasteiger charge is -2.24. The molecular weight excluding hydrogens is 452 g/mol. The molecule has 0 saturated heterocycles. The van der Waals surface area contributed by atoms with E-state index in [2.05, 4.69) is 10.6 Å². The predicted molar refractivity (Wildman–Crippen MR) is 134 cm³/mol. The molecule has 0 bridgehead atoms. The Bertz CT molecular complexity index is 884. The van der Waals surface area contributed by atoms with Crippen LogP contribution in [0, 0.1) is 11.8 Å². The molecule has 0 radical (unpaired) electrons. The smallest absolute Gasteiger partial charge is 0.408 e. The monoisotopic (exact) mass is 488 g/mol. The van der Waals surface area contributed by atoms with Crippen LogP contribution in [0.4, 0.5) is 4.79 Å². The van der Waals surface area contributed by atoms with Gasteiger partial charge in [-0.1, -0.05) is 58.0 Å². The van der Waals surface area contributed by atoms with Crippen molar-refractivity contribution in [2.45, 2.75) is 65.0 Å². The number of ether oxygens (including phenoxy) is 1. The third kappa shape index (κ3) is 10.5. The molecule has 8 heteroatoms. The van der Waals surface area contributed by atoms with E-state index in [9.17, 15) is 14.4 Å². The molecule has 0 aliphatic carbocycles. The van der Waals surface area contributed by atoms with Gasteiger partial charge in [-0.15, -0.1) is 11.8 Å². The Morgan fingerprint density at radius 2 is 1.59 bits per heavy atom. The van der Waals surface area contributed by atoms with Gasteiger partial charge in [0.25, 0.3) is 0 Å². The molecule has 2 unspecified atom stereocenters. The van der Waals surface area contributed by atoms with E-state index < -0.39 is 18.2 Å². The Morgan fingerprint density at radius 1 is 0.912 bits per heavy atom. The maximum Gasteiger partial charge on any atom is 0.408 e. The highest BCUT2D eigenvalue weighted by Gasteiger charge is 2.28. The summed E-state index contributed by atoms with van der Waals surface area (Å²) in [6.45, 7) is 8.07. The van der Waals surface area contributed by atoms with E-state index in [1.165, 1.54) is 11.8 Å². The van der Waals surface area contributed by atoms with Crippen molar-refractivity contribution in [3.05, 3.63) is 60.1 Å². The minimum Gasteiger partial charge on any atom is -0.468 e. The minimum atomic E-state index is -0.790. The van der Waals surface area contributed by atoms with Crippen LogP contribution in [0.3, 0.4) is 0 Å². The molecule has 0 spiro atoms. The number of amides is 2. The summed E-state index contributed by atoms with van der Waals surface area (Å²) in [5.74, 6) is 1.61. The number of rotatable bonds is 14. The lowest BCUT2D eigenvalue weighted by atomic mass is 9.99. The average molecular weight is 489 g/mol. The number of benzene rings is 1. The van der Waals surface area contributed by atoms with Crippen molar-refractivity contribution in [1.82, 2.24) is 10.6 Å². The number of furan rings is 1. The largest absolute Gasteiger partial charge is 0.468 e. The minimum absolute atomic E-state index is 0.0476. The quantitative estimate of drug-likeness (QED) is 0.390. The van der Waals surface area contributed by atoms with Gasteiger partial charge in [0.1, 0.15) is 18.4 Å². The van der Waals surface area contributed by atoms with Gasteiger partial charge in [-0.05, 0) is 42.4 Å². The molecule has 0 fully saturated rings. The van der Waals surface area contributed by atoms with Gasteiger partial charge in [0, 0.05) is 0 Å². The van der Waals surface area contributed by atoms with Crippen LogP contribution in [0.5, 0.6) is 0 Å². The summed E-state index contributed by atoms with van der Waals surface area (Å²) in [6, 6.07) is 11.6. The summed E-state index contributed by atoms with van der Waals surface area (Å²) < 4.78 is 10.6. The Kier molecular flexibility index (Phi) is 11.7. The summed E-state index contributed by atoms with van der Waals surface area (Å²) in [5.41, 5.74) is 0.858. The molecule has 0 saturated carbocycles. The first-order chi connectivity index (χ1) is 16.2. The van der Waals surface area contributed by atoms with Gasteiger partial charge in [0.2, 0.25) is 5.91 Å². The highest BCUT2D eigenvalue weighted by Crippen LogP contribution is 2.16. The maximum atomic E-state index is 13.1. The number of alkyl carbamates (subject to hydrolysis) is 1. The lowest BCUT2D eigenvalue weighted by molar-refractivity contribution is -0.128. The van der Waals surface area contributed by atoms with E-state index in [0.717, 1.165) is 11.3 Å². The molecule has 7 nitrogen and oxygen atoms in total. The third-order valence-corrected chi connectivity index (χ3v) is 5.99. The molecule has 34 heavy (non-hydrogen) atoms. The van der Waals surface area contributed by atoms with Crippen LogP contribution in [0.15, 0.2) is 53.1 Å². The van der Waals surface area contributed by atoms with Crippen molar-refractivity contribution in [3.63, 3.8) is 0 Å². The van der Waals surface area contributed by atoms with Crippen LogP contribution in [-0.2, 0) is 26.7 Å². The van der Waals surface area contributed by atoms with Gasteiger partial charge >= 0.3 is 6.09 Å². The molecule has 186 valence electrons. The number of thioether (sulfide) groups is 1. The highest BCUT2D eigenvalue weighted by atomic mass is 32.2. The van der Waals surface area contributed by atoms with Crippen molar-refractivity contribution in [1.29, 1.82) is 0 Å². The van der Waals surface area contributed by atoms with E-state index in [-0.39, 0.29) is 35.9 Å². The number of hydrogen-bond donors (Lipinski definition) is 2. The fourth-order valence-electron chi connectivity index (χ4n) is 3.37. The Balaban J connectivity index is 1.94. The van der Waals surface area contributed by atoms with E-state index in [0.29, 0.717) is 18.6 Å². The van der Waals surface area contributed by atoms with E-state index in [4.69, 9.17) is 9.15 Å². The van der Waals surface area contributed by atoms with Crippen LogP contribution in [-0.4, -0.2) is 35.6 Å². The summed E-state index contributed by atoms with van der Waals surface area (Å²) in [5, 5.41) is 5.56. The van der Waals surface area contributed by atoms with Crippen LogP contribution in [0.2, 0.25) is 0 Å². The highest BCUT2D eigenvalue weighted by molar-refractivity contribution is 7.99. The maximum absolute atomic E-state index is 13.1. The molecule has 2 rings (SSSR count). The molecule has 1 heterocycles. The molecule has 1 aromatic heterocycles. The standard InChI is InChI=1S/C26H36N2O5S/c1-18(2)13-22(24(29)17-34-16-21-11-8-12-32-21)27-25(30)23(14-19(3)4)28-26(31)33-15-20-9-6-5-7-10-20/h5-12,18-19,22-23H,13-17H2,1-4H3,(H,27,30)(H,28,31). The van der Waals surface area contributed by atoms with Gasteiger partial charge in [-0.3, -0.25) is 9.59 Å². The molecule has 0 aliphatic rings. The molecular formula is C26H36N2O5S. The van der Waals surface area contributed by atoms with Crippen molar-refractivity contribution >= 4 is 29.5 Å². The number of nitrogens with one attached hydrogen (secondary N) is 2. The van der Waals surface area contributed by atoms with Gasteiger partial charge in [-0.2, -0.15) is 0 Å². The first-order valence-corrected chi connectivity index (χ1v) is 12.8. The Morgan fingerprint density at radius 3 is 2.21 bits per heavy atom. The third-order valence-electron chi connectivity index (χ3n) is 5.01. The van der Waals surface area contributed by atoms with Crippen LogP contribution < -0.4 is 10.6 Å². The summed E-state index contributed by atoms with van der Waals surface area (Å²) in [7, 11) is 0. The van der Waals surface area contributed by atoms with Crippen LogP contribution >= 0.6 is 11.8 Å². The van der Waals surface area contributed by atoms with Gasteiger partial charge in [0.05, 0.1) is 23.8 Å². The predicted octanol–water partition coefficient (Wildman–Crippen LogP) is 4.95. The van der Waals surface area contributed by atoms with Crippen molar-refractivity contribution in [2.75, 3.05) is 5.75 Å². The van der Waals surface area contributed by atoms with E-state index in [1.54, 1.807) is 6.26 Å². The number of hydrogen-bond acceptors (Lipinski definition) is 6. The van der Waals surface area contributed by atoms with E-state index in [1.807, 2.05) is 70.2 Å². The second kappa shape index (κ2) is 14.5. The van der Waals surface area contributed by atoms with Gasteiger partial charge in [-0.25, -0.2) is 4.79 Å². The molecule has 2 atom stereocenters. The second-order valence-electron chi connectivity index (χ2n) is 9.12. The molecule has 2 aromatic rings. The van der Waals surface area contributed by atoms with Crippen LogP contribution in [0.1, 0.15) is 51.9 Å². The summed E-state index contributed by atoms with van der Waals surface area (Å²) in [4.78, 5) is 38.4. The van der Waals surface area contributed by atoms with Crippen molar-refractivity contribution in [3.8, 4) is 0 Å². The summed E-state index contributed by atoms with van der Waals surface area (Å²) >= 11 is 1.45. The molecule has 2 amide bonds. The lowest BCUT2D eigenvalue weighted by Crippen LogP contribution is -2.52. The zero-order chi connectivity index (χ0) is 24.9. The first kappa shape index (κ1) is 27.5. The topological polar surface area (TPSA) is 97.6 Å². The van der Waals surface area contributed by atoms with Gasteiger partial charge in [0.15, 0.2) is 5.78 Å². The number of ketones is 1. The average Bonchev–Trinajstić information content (AvgIpc) is 3.30. The number of carbonyl (C=O) groups excluding carboxylic acids is 3. The summed E-state index contributed by atoms with van der Waals surface area (Å²) in [6.07, 6.45) is 1.90. The fourth-order valence-corrected chi connectivity index (χ4v) is 4.24.